The molecule has 4 rings (SSSR count). The molecule has 0 fully saturated rings. The van der Waals surface area contributed by atoms with Gasteiger partial charge in [0.25, 0.3) is 0 Å². The maximum absolute atomic E-state index is 10.6. The van der Waals surface area contributed by atoms with Crippen LogP contribution in [0, 0.1) is 6.92 Å². The van der Waals surface area contributed by atoms with Crippen molar-refractivity contribution in [2.24, 2.45) is 0 Å². The lowest BCUT2D eigenvalue weighted by Gasteiger charge is -2.33. The van der Waals surface area contributed by atoms with Crippen LogP contribution in [0.3, 0.4) is 0 Å². The zero-order valence-electron chi connectivity index (χ0n) is 31.4. The summed E-state index contributed by atoms with van der Waals surface area (Å²) >= 11 is 0. The second-order valence-corrected chi connectivity index (χ2v) is 14.1. The van der Waals surface area contributed by atoms with E-state index in [9.17, 15) is 4.20 Å². The van der Waals surface area contributed by atoms with Gasteiger partial charge in [0.1, 0.15) is 2.56 Å². The molecule has 0 N–H and O–H groups in total. The number of benzene rings is 2. The number of halogens is 1. The summed E-state index contributed by atoms with van der Waals surface area (Å²) in [4.78, 5) is 0. The molecule has 2 aliphatic rings. The Kier molecular flexibility index (Phi) is 15.6. The van der Waals surface area contributed by atoms with Gasteiger partial charge in [0.2, 0.25) is 8.66 Å². The molecule has 2 aliphatic carbocycles. The molecule has 0 radical (unpaired) electrons. The lowest BCUT2D eigenvalue weighted by molar-refractivity contribution is 0.397. The van der Waals surface area contributed by atoms with Crippen LogP contribution in [-0.2, 0) is 9.98 Å². The van der Waals surface area contributed by atoms with Crippen molar-refractivity contribution in [3.05, 3.63) is 75.9 Å². The Balaban J connectivity index is 0.00000111. The van der Waals surface area contributed by atoms with Crippen molar-refractivity contribution < 1.29 is 8.76 Å². The van der Waals surface area contributed by atoms with Crippen LogP contribution >= 0.6 is 8.66 Å². The van der Waals surface area contributed by atoms with Gasteiger partial charge in [-0.1, -0.05) is 165 Å². The van der Waals surface area contributed by atoms with Crippen LogP contribution in [0.4, 0.5) is 4.20 Å². The van der Waals surface area contributed by atoms with E-state index in [0.29, 0.717) is 0 Å². The Bertz CT molecular complexity index is 1350. The third-order valence-electron chi connectivity index (χ3n) is 10.5. The van der Waals surface area contributed by atoms with Crippen molar-refractivity contribution in [2.75, 3.05) is 0 Å². The van der Waals surface area contributed by atoms with Gasteiger partial charge in [-0.15, -0.1) is 0 Å². The van der Waals surface area contributed by atoms with Gasteiger partial charge in [-0.05, 0) is 91.0 Å². The van der Waals surface area contributed by atoms with Crippen molar-refractivity contribution in [1.29, 1.82) is 2.56 Å². The highest BCUT2D eigenvalue weighted by Crippen LogP contribution is 2.55. The Morgan fingerprint density at radius 1 is 0.756 bits per heavy atom. The van der Waals surface area contributed by atoms with E-state index in [2.05, 4.69) is 77.1 Å². The highest BCUT2D eigenvalue weighted by Gasteiger charge is 2.42. The number of allylic oxidation sites excluding steroid dienone is 4. The molecule has 2 aromatic rings. The molecule has 0 amide bonds. The standard InChI is InChI=1S/C42H62.FH2OP/c1-6-9-12-15-17-20-27-42(28-21-18-16-13-10-7-2)40-29-33(4)23-25-38(40)39-26-24-36(32-41(39)42)37-30-34(5)35(31-37)22-19-14-11-8-3;1-3-2/h23-26,29,31-32H,6-22,27-28,30H2,1-5H3;3H2/i;3TD. The first-order valence-corrected chi connectivity index (χ1v) is 19.2. The van der Waals surface area contributed by atoms with Gasteiger partial charge in [-0.2, -0.15) is 4.20 Å². The molecule has 1 atom stereocenters. The van der Waals surface area contributed by atoms with Crippen molar-refractivity contribution in [2.45, 2.75) is 168 Å². The lowest BCUT2D eigenvalue weighted by Crippen LogP contribution is -2.26. The summed E-state index contributed by atoms with van der Waals surface area (Å²) in [6, 6.07) is 15.0. The Morgan fingerprint density at radius 3 is 1.82 bits per heavy atom. The van der Waals surface area contributed by atoms with E-state index in [1.54, 1.807) is 27.8 Å². The second kappa shape index (κ2) is 20.3. The molecule has 0 heterocycles. The summed E-state index contributed by atoms with van der Waals surface area (Å²) in [5.41, 5.74) is 14.2. The third kappa shape index (κ3) is 10.5. The van der Waals surface area contributed by atoms with Crippen LogP contribution in [0.1, 0.15) is 178 Å². The van der Waals surface area contributed by atoms with E-state index in [-0.39, 0.29) is 5.41 Å². The average molecular weight is 638 g/mol. The predicted octanol–water partition coefficient (Wildman–Crippen LogP) is 14.5. The molecule has 250 valence electrons. The van der Waals surface area contributed by atoms with Crippen molar-refractivity contribution in [3.8, 4) is 11.1 Å². The van der Waals surface area contributed by atoms with Crippen LogP contribution < -0.4 is 0 Å². The first kappa shape index (κ1) is 34.4. The normalized spacial score (nSPS) is 16.7. The van der Waals surface area contributed by atoms with Gasteiger partial charge < -0.3 is 0 Å². The number of aryl methyl sites for hydroxylation is 1. The van der Waals surface area contributed by atoms with Gasteiger partial charge in [0.15, 0.2) is 0 Å². The fourth-order valence-corrected chi connectivity index (χ4v) is 7.88. The smallest absolute Gasteiger partial charge is 0.223 e. The minimum Gasteiger partial charge on any atom is -0.294 e. The molecule has 0 spiro atoms. The quantitative estimate of drug-likeness (QED) is 0.104. The number of hydrogen-bond acceptors (Lipinski definition) is 1. The molecule has 45 heavy (non-hydrogen) atoms. The molecule has 0 aliphatic heterocycles. The highest BCUT2D eigenvalue weighted by atomic mass is 31.1. The molecule has 0 saturated carbocycles. The molecular formula is C42H64FOP. The predicted molar refractivity (Wildman–Crippen MR) is 199 cm³/mol. The van der Waals surface area contributed by atoms with Crippen molar-refractivity contribution in [3.63, 3.8) is 0 Å². The fraction of sp³-hybridized carbons (Fsp3) is 0.619. The summed E-state index contributed by atoms with van der Waals surface area (Å²) in [6.07, 6.45) is 29.4. The fourth-order valence-electron chi connectivity index (χ4n) is 7.88. The number of fused-ring (bicyclic) bond motifs is 3. The van der Waals surface area contributed by atoms with Crippen LogP contribution in [0.2, 0.25) is 0 Å². The summed E-state index contributed by atoms with van der Waals surface area (Å²) in [5.74, 6) is 0. The molecule has 0 aromatic heterocycles. The summed E-state index contributed by atoms with van der Waals surface area (Å²) in [7, 11) is -4.64. The van der Waals surface area contributed by atoms with E-state index in [0.717, 1.165) is 6.42 Å². The average Bonchev–Trinajstić information content (AvgIpc) is 3.52. The zero-order valence-corrected chi connectivity index (χ0v) is 30.3. The van der Waals surface area contributed by atoms with Gasteiger partial charge in [0.05, 0.1) is 0 Å². The Hall–Kier alpha value is -1.92. The topological polar surface area (TPSA) is 17.1 Å². The molecular weight excluding hydrogens is 570 g/mol. The van der Waals surface area contributed by atoms with E-state index < -0.39 is 8.66 Å². The van der Waals surface area contributed by atoms with E-state index in [1.165, 1.54) is 144 Å². The Labute approximate surface area is 280 Å². The summed E-state index contributed by atoms with van der Waals surface area (Å²) in [5, 5.41) is 0. The van der Waals surface area contributed by atoms with Crippen molar-refractivity contribution in [1.82, 2.24) is 0 Å². The SMILES string of the molecule is CCCCCCCCC1(CCCCCCCC)c2cc(C)ccc2-c2ccc(C3=CC(CCCCCC)=C(C)C3)cc21.[2H]P([3H])(=O)F. The third-order valence-corrected chi connectivity index (χ3v) is 10.5. The first-order chi connectivity index (χ1) is 22.5. The van der Waals surface area contributed by atoms with E-state index in [1.807, 2.05) is 0 Å². The van der Waals surface area contributed by atoms with Gasteiger partial charge in [-0.25, -0.2) is 0 Å². The van der Waals surface area contributed by atoms with Crippen molar-refractivity contribution >= 4 is 14.2 Å². The molecule has 3 heteroatoms. The Morgan fingerprint density at radius 2 is 1.24 bits per heavy atom. The number of unbranched alkanes of at least 4 members (excludes halogenated alkanes) is 13. The van der Waals surface area contributed by atoms with Crippen LogP contribution in [0.25, 0.3) is 16.7 Å². The van der Waals surface area contributed by atoms with E-state index in [4.69, 9.17) is 7.12 Å². The summed E-state index contributed by atoms with van der Waals surface area (Å²) < 4.78 is 30.4. The molecule has 0 saturated heterocycles. The monoisotopic (exact) mass is 637 g/mol. The minimum atomic E-state index is -4.64. The van der Waals surface area contributed by atoms with Crippen LogP contribution in [0.15, 0.2) is 53.6 Å². The maximum atomic E-state index is 10.6. The van der Waals surface area contributed by atoms with Gasteiger partial charge >= 0.3 is 0 Å². The maximum Gasteiger partial charge on any atom is 0.223 e. The lowest BCUT2D eigenvalue weighted by atomic mass is 9.70. The molecule has 0 bridgehead atoms. The number of rotatable bonds is 20. The number of hydrogen-bond donors (Lipinski definition) is 0. The largest absolute Gasteiger partial charge is 0.294 e. The highest BCUT2D eigenvalue weighted by molar-refractivity contribution is 7.16. The van der Waals surface area contributed by atoms with Gasteiger partial charge in [-0.3, -0.25) is 4.57 Å². The minimum absolute atomic E-state index is 0.173. The molecule has 1 nitrogen and oxygen atoms in total. The first-order valence-electron chi connectivity index (χ1n) is 19.4. The zero-order chi connectivity index (χ0) is 34.3. The van der Waals surface area contributed by atoms with E-state index >= 15 is 0 Å². The van der Waals surface area contributed by atoms with Gasteiger partial charge in [0, 0.05) is 5.41 Å². The summed E-state index contributed by atoms with van der Waals surface area (Å²) in [6.45, 7) is 11.6. The van der Waals surface area contributed by atoms with Crippen LogP contribution in [-0.4, -0.2) is 2.56 Å². The second-order valence-electron chi connectivity index (χ2n) is 14.0. The molecule has 2 aromatic carbocycles. The molecule has 1 unspecified atom stereocenters. The van der Waals surface area contributed by atoms with Crippen LogP contribution in [0.5, 0.6) is 0 Å².